The van der Waals surface area contributed by atoms with Gasteiger partial charge in [0.15, 0.2) is 0 Å². The highest BCUT2D eigenvalue weighted by molar-refractivity contribution is 9.10. The van der Waals surface area contributed by atoms with E-state index < -0.39 is 11.7 Å². The number of hydrogen-bond acceptors (Lipinski definition) is 2. The molecule has 16 heavy (non-hydrogen) atoms. The quantitative estimate of drug-likeness (QED) is 0.856. The third-order valence-corrected chi connectivity index (χ3v) is 2.74. The zero-order valence-electron chi connectivity index (χ0n) is 8.70. The normalized spacial score (nSPS) is 9.62. The summed E-state index contributed by atoms with van der Waals surface area (Å²) in [7, 11) is 1.54. The smallest absolute Gasteiger partial charge is 0.257 e. The Kier molecular flexibility index (Phi) is 4.44. The van der Waals surface area contributed by atoms with Crippen LogP contribution in [0.5, 0.6) is 0 Å². The first-order valence-electron chi connectivity index (χ1n) is 4.64. The van der Waals surface area contributed by atoms with Gasteiger partial charge in [-0.2, -0.15) is 5.26 Å². The molecule has 0 aliphatic heterocycles. The Morgan fingerprint density at radius 2 is 2.31 bits per heavy atom. The van der Waals surface area contributed by atoms with Crippen LogP contribution in [0.15, 0.2) is 22.7 Å². The van der Waals surface area contributed by atoms with Crippen molar-refractivity contribution in [2.45, 2.75) is 6.42 Å². The number of hydrogen-bond donors (Lipinski definition) is 0. The van der Waals surface area contributed by atoms with Crippen LogP contribution < -0.4 is 0 Å². The Labute approximate surface area is 102 Å². The van der Waals surface area contributed by atoms with E-state index in [-0.39, 0.29) is 18.5 Å². The summed E-state index contributed by atoms with van der Waals surface area (Å²) in [4.78, 5) is 13.2. The Bertz CT molecular complexity index is 422. The summed E-state index contributed by atoms with van der Waals surface area (Å²) in [6.07, 6.45) is 0.230. The Morgan fingerprint density at radius 3 is 2.88 bits per heavy atom. The zero-order valence-corrected chi connectivity index (χ0v) is 10.3. The predicted molar refractivity (Wildman–Crippen MR) is 61.3 cm³/mol. The molecule has 0 unspecified atom stereocenters. The van der Waals surface area contributed by atoms with E-state index in [2.05, 4.69) is 15.9 Å². The molecule has 0 aromatic heterocycles. The lowest BCUT2D eigenvalue weighted by Crippen LogP contribution is -2.28. The van der Waals surface area contributed by atoms with Gasteiger partial charge in [-0.05, 0) is 28.1 Å². The van der Waals surface area contributed by atoms with Crippen LogP contribution in [0.2, 0.25) is 0 Å². The van der Waals surface area contributed by atoms with Crippen LogP contribution in [0.25, 0.3) is 0 Å². The van der Waals surface area contributed by atoms with Crippen molar-refractivity contribution in [1.29, 1.82) is 5.26 Å². The van der Waals surface area contributed by atoms with Crippen LogP contribution in [-0.2, 0) is 0 Å². The fourth-order valence-corrected chi connectivity index (χ4v) is 1.72. The summed E-state index contributed by atoms with van der Waals surface area (Å²) in [6.45, 7) is 0.288. The molecule has 0 aliphatic carbocycles. The number of nitrogens with zero attached hydrogens (tertiary/aromatic N) is 2. The fraction of sp³-hybridized carbons (Fsp3) is 0.273. The predicted octanol–water partition coefficient (Wildman–Crippen LogP) is 2.57. The summed E-state index contributed by atoms with van der Waals surface area (Å²) < 4.78 is 13.9. The average molecular weight is 285 g/mol. The lowest BCUT2D eigenvalue weighted by molar-refractivity contribution is 0.0792. The maximum absolute atomic E-state index is 13.4. The lowest BCUT2D eigenvalue weighted by Gasteiger charge is -2.16. The summed E-state index contributed by atoms with van der Waals surface area (Å²) in [6, 6.07) is 6.29. The fourth-order valence-electron chi connectivity index (χ4n) is 1.21. The molecule has 0 bridgehead atoms. The molecular formula is C11H10BrFN2O. The van der Waals surface area contributed by atoms with Gasteiger partial charge in [-0.3, -0.25) is 4.79 Å². The number of benzene rings is 1. The van der Waals surface area contributed by atoms with Crippen LogP contribution >= 0.6 is 15.9 Å². The Balaban J connectivity index is 2.93. The zero-order chi connectivity index (χ0) is 12.1. The van der Waals surface area contributed by atoms with Crippen LogP contribution in [-0.4, -0.2) is 24.4 Å². The number of nitriles is 1. The van der Waals surface area contributed by atoms with Crippen molar-refractivity contribution in [3.05, 3.63) is 34.1 Å². The van der Waals surface area contributed by atoms with Crippen molar-refractivity contribution in [2.24, 2.45) is 0 Å². The molecule has 0 spiro atoms. The molecule has 0 radical (unpaired) electrons. The van der Waals surface area contributed by atoms with Gasteiger partial charge >= 0.3 is 0 Å². The van der Waals surface area contributed by atoms with Crippen molar-refractivity contribution in [3.63, 3.8) is 0 Å². The Morgan fingerprint density at radius 1 is 1.62 bits per heavy atom. The van der Waals surface area contributed by atoms with Gasteiger partial charge in [-0.1, -0.05) is 6.07 Å². The van der Waals surface area contributed by atoms with Gasteiger partial charge in [0.25, 0.3) is 5.91 Å². The minimum absolute atomic E-state index is 0.00272. The van der Waals surface area contributed by atoms with Crippen molar-refractivity contribution >= 4 is 21.8 Å². The molecule has 1 rings (SSSR count). The SMILES string of the molecule is CN(CCC#N)C(=O)c1c(F)cccc1Br. The molecule has 0 atom stereocenters. The molecule has 5 heteroatoms. The summed E-state index contributed by atoms with van der Waals surface area (Å²) in [5.41, 5.74) is 0.00272. The molecule has 0 saturated heterocycles. The topological polar surface area (TPSA) is 44.1 Å². The van der Waals surface area contributed by atoms with Gasteiger partial charge in [-0.25, -0.2) is 4.39 Å². The molecule has 0 fully saturated rings. The van der Waals surface area contributed by atoms with E-state index in [4.69, 9.17) is 5.26 Å². The molecule has 0 N–H and O–H groups in total. The van der Waals surface area contributed by atoms with E-state index >= 15 is 0 Å². The van der Waals surface area contributed by atoms with Gasteiger partial charge in [0, 0.05) is 18.1 Å². The van der Waals surface area contributed by atoms with Crippen molar-refractivity contribution < 1.29 is 9.18 Å². The number of amides is 1. The second-order valence-electron chi connectivity index (χ2n) is 3.23. The minimum atomic E-state index is -0.566. The van der Waals surface area contributed by atoms with E-state index in [9.17, 15) is 9.18 Å². The molecule has 1 amide bonds. The first-order valence-corrected chi connectivity index (χ1v) is 5.43. The monoisotopic (exact) mass is 284 g/mol. The molecule has 3 nitrogen and oxygen atoms in total. The van der Waals surface area contributed by atoms with Crippen LogP contribution in [0.4, 0.5) is 4.39 Å². The molecule has 84 valence electrons. The molecule has 0 saturated carbocycles. The highest BCUT2D eigenvalue weighted by Crippen LogP contribution is 2.20. The standard InChI is InChI=1S/C11H10BrFN2O/c1-15(7-3-6-14)11(16)10-8(12)4-2-5-9(10)13/h2,4-5H,3,7H2,1H3. The number of halogens is 2. The van der Waals surface area contributed by atoms with Crippen molar-refractivity contribution in [1.82, 2.24) is 4.90 Å². The highest BCUT2D eigenvalue weighted by Gasteiger charge is 2.18. The number of rotatable bonds is 3. The maximum atomic E-state index is 13.4. The van der Waals surface area contributed by atoms with Crippen LogP contribution in [0.3, 0.4) is 0 Å². The number of carbonyl (C=O) groups is 1. The molecular weight excluding hydrogens is 275 g/mol. The third kappa shape index (κ3) is 2.80. The van der Waals surface area contributed by atoms with Crippen LogP contribution in [0.1, 0.15) is 16.8 Å². The van der Waals surface area contributed by atoms with E-state index in [1.54, 1.807) is 13.1 Å². The Hall–Kier alpha value is -1.41. The molecule has 0 aliphatic rings. The number of carbonyl (C=O) groups excluding carboxylic acids is 1. The van der Waals surface area contributed by atoms with Gasteiger partial charge in [0.1, 0.15) is 5.82 Å². The van der Waals surface area contributed by atoms with Crippen molar-refractivity contribution in [3.8, 4) is 6.07 Å². The first-order chi connectivity index (χ1) is 7.57. The first kappa shape index (κ1) is 12.7. The third-order valence-electron chi connectivity index (χ3n) is 2.08. The van der Waals surface area contributed by atoms with Crippen LogP contribution in [0, 0.1) is 17.1 Å². The van der Waals surface area contributed by atoms with Gasteiger partial charge < -0.3 is 4.90 Å². The van der Waals surface area contributed by atoms with E-state index in [1.165, 1.54) is 17.0 Å². The van der Waals surface area contributed by atoms with Gasteiger partial charge in [0.05, 0.1) is 18.1 Å². The van der Waals surface area contributed by atoms with Gasteiger partial charge in [-0.15, -0.1) is 0 Å². The average Bonchev–Trinajstić information content (AvgIpc) is 2.25. The van der Waals surface area contributed by atoms with Gasteiger partial charge in [0.2, 0.25) is 0 Å². The highest BCUT2D eigenvalue weighted by atomic mass is 79.9. The maximum Gasteiger partial charge on any atom is 0.257 e. The summed E-state index contributed by atoms with van der Waals surface area (Å²) >= 11 is 3.13. The lowest BCUT2D eigenvalue weighted by atomic mass is 10.2. The van der Waals surface area contributed by atoms with E-state index in [0.717, 1.165) is 0 Å². The molecule has 0 heterocycles. The van der Waals surface area contributed by atoms with E-state index in [1.807, 2.05) is 6.07 Å². The van der Waals surface area contributed by atoms with E-state index in [0.29, 0.717) is 4.47 Å². The molecule has 1 aromatic carbocycles. The summed E-state index contributed by atoms with van der Waals surface area (Å²) in [5, 5.41) is 8.41. The minimum Gasteiger partial charge on any atom is -0.341 e. The largest absolute Gasteiger partial charge is 0.341 e. The second-order valence-corrected chi connectivity index (χ2v) is 4.09. The summed E-state index contributed by atoms with van der Waals surface area (Å²) in [5.74, 6) is -0.997. The second kappa shape index (κ2) is 5.61. The van der Waals surface area contributed by atoms with Crippen molar-refractivity contribution in [2.75, 3.05) is 13.6 Å². The molecule has 1 aromatic rings.